The molecule has 0 unspecified atom stereocenters. The summed E-state index contributed by atoms with van der Waals surface area (Å²) in [5.74, 6) is 0. The molecule has 0 saturated carbocycles. The largest absolute Gasteiger partial charge is 0.416 e. The Morgan fingerprint density at radius 1 is 0.960 bits per heavy atom. The first-order valence-electron chi connectivity index (χ1n) is 8.07. The van der Waals surface area contributed by atoms with Gasteiger partial charge in [-0.25, -0.2) is 4.98 Å². The third-order valence-corrected chi connectivity index (χ3v) is 4.34. The third-order valence-electron chi connectivity index (χ3n) is 4.34. The first-order chi connectivity index (χ1) is 11.8. The number of hydrogen-bond acceptors (Lipinski definition) is 2. The van der Waals surface area contributed by atoms with Crippen LogP contribution in [0.25, 0.3) is 22.2 Å². The highest BCUT2D eigenvalue weighted by molar-refractivity contribution is 5.89. The Balaban J connectivity index is 2.17. The smallest absolute Gasteiger partial charge is 0.370 e. The summed E-state index contributed by atoms with van der Waals surface area (Å²) >= 11 is 0. The SMILES string of the molecule is CC(C)N(C)c1cc2ccccc2nc1-c1ccc(C(F)(F)F)cc1. The molecule has 2 nitrogen and oxygen atoms in total. The highest BCUT2D eigenvalue weighted by atomic mass is 19.4. The number of alkyl halides is 3. The molecule has 1 aromatic heterocycles. The van der Waals surface area contributed by atoms with Crippen molar-refractivity contribution >= 4 is 16.6 Å². The van der Waals surface area contributed by atoms with Crippen molar-refractivity contribution in [1.82, 2.24) is 4.98 Å². The monoisotopic (exact) mass is 344 g/mol. The van der Waals surface area contributed by atoms with Crippen molar-refractivity contribution in [1.29, 1.82) is 0 Å². The zero-order valence-corrected chi connectivity index (χ0v) is 14.3. The van der Waals surface area contributed by atoms with E-state index in [-0.39, 0.29) is 6.04 Å². The lowest BCUT2D eigenvalue weighted by molar-refractivity contribution is -0.137. The van der Waals surface area contributed by atoms with Crippen molar-refractivity contribution < 1.29 is 13.2 Å². The van der Waals surface area contributed by atoms with Gasteiger partial charge in [0.1, 0.15) is 0 Å². The van der Waals surface area contributed by atoms with E-state index in [0.717, 1.165) is 28.7 Å². The fourth-order valence-corrected chi connectivity index (χ4v) is 2.68. The molecule has 25 heavy (non-hydrogen) atoms. The Morgan fingerprint density at radius 3 is 2.20 bits per heavy atom. The van der Waals surface area contributed by atoms with Gasteiger partial charge in [-0.05, 0) is 38.1 Å². The van der Waals surface area contributed by atoms with Crippen molar-refractivity contribution in [2.45, 2.75) is 26.1 Å². The maximum absolute atomic E-state index is 12.8. The van der Waals surface area contributed by atoms with Crippen LogP contribution >= 0.6 is 0 Å². The number of nitrogens with zero attached hydrogens (tertiary/aromatic N) is 2. The van der Waals surface area contributed by atoms with Gasteiger partial charge in [0.2, 0.25) is 0 Å². The highest BCUT2D eigenvalue weighted by Crippen LogP contribution is 2.35. The molecule has 0 spiro atoms. The lowest BCUT2D eigenvalue weighted by Gasteiger charge is -2.26. The average molecular weight is 344 g/mol. The van der Waals surface area contributed by atoms with Crippen molar-refractivity contribution in [3.05, 3.63) is 60.2 Å². The minimum absolute atomic E-state index is 0.233. The Morgan fingerprint density at radius 2 is 1.60 bits per heavy atom. The minimum Gasteiger partial charge on any atom is -0.370 e. The van der Waals surface area contributed by atoms with E-state index in [2.05, 4.69) is 18.7 Å². The van der Waals surface area contributed by atoms with Crippen molar-refractivity contribution in [2.75, 3.05) is 11.9 Å². The zero-order valence-electron chi connectivity index (χ0n) is 14.3. The molecule has 0 aliphatic heterocycles. The van der Waals surface area contributed by atoms with E-state index in [9.17, 15) is 13.2 Å². The van der Waals surface area contributed by atoms with Crippen molar-refractivity contribution in [3.8, 4) is 11.3 Å². The second kappa shape index (κ2) is 6.39. The summed E-state index contributed by atoms with van der Waals surface area (Å²) in [6.07, 6.45) is -4.34. The molecule has 1 heterocycles. The van der Waals surface area contributed by atoms with Gasteiger partial charge in [-0.1, -0.05) is 30.3 Å². The van der Waals surface area contributed by atoms with Crippen LogP contribution in [0.5, 0.6) is 0 Å². The molecule has 3 rings (SSSR count). The van der Waals surface area contributed by atoms with Gasteiger partial charge < -0.3 is 4.90 Å². The Labute approximate surface area is 144 Å². The number of aromatic nitrogens is 1. The van der Waals surface area contributed by atoms with Crippen molar-refractivity contribution in [2.24, 2.45) is 0 Å². The number of pyridine rings is 1. The van der Waals surface area contributed by atoms with Crippen molar-refractivity contribution in [3.63, 3.8) is 0 Å². The van der Waals surface area contributed by atoms with Gasteiger partial charge in [-0.2, -0.15) is 13.2 Å². The molecule has 0 bridgehead atoms. The van der Waals surface area contributed by atoms with Gasteiger partial charge >= 0.3 is 6.18 Å². The number of para-hydroxylation sites is 1. The molecule has 3 aromatic rings. The summed E-state index contributed by atoms with van der Waals surface area (Å²) in [7, 11) is 1.96. The van der Waals surface area contributed by atoms with Crippen LogP contribution in [0.3, 0.4) is 0 Å². The van der Waals surface area contributed by atoms with Gasteiger partial charge in [-0.3, -0.25) is 0 Å². The third kappa shape index (κ3) is 3.45. The molecule has 0 aliphatic carbocycles. The summed E-state index contributed by atoms with van der Waals surface area (Å²) in [6.45, 7) is 4.12. The Bertz CT molecular complexity index is 884. The fourth-order valence-electron chi connectivity index (χ4n) is 2.68. The molecule has 5 heteroatoms. The molecule has 0 atom stereocenters. The molecule has 0 fully saturated rings. The topological polar surface area (TPSA) is 16.1 Å². The lowest BCUT2D eigenvalue weighted by Crippen LogP contribution is -2.26. The molecular formula is C20H19F3N2. The molecule has 2 aromatic carbocycles. The van der Waals surface area contributed by atoms with Gasteiger partial charge in [0.05, 0.1) is 22.5 Å². The van der Waals surface area contributed by atoms with Crippen LogP contribution in [0.4, 0.5) is 18.9 Å². The van der Waals surface area contributed by atoms with Gasteiger partial charge in [0.15, 0.2) is 0 Å². The van der Waals surface area contributed by atoms with Crippen LogP contribution in [-0.4, -0.2) is 18.1 Å². The van der Waals surface area contributed by atoms with Crippen LogP contribution in [-0.2, 0) is 6.18 Å². The van der Waals surface area contributed by atoms with Crippen LogP contribution in [0.15, 0.2) is 54.6 Å². The predicted molar refractivity (Wildman–Crippen MR) is 95.7 cm³/mol. The van der Waals surface area contributed by atoms with E-state index in [1.54, 1.807) is 0 Å². The lowest BCUT2D eigenvalue weighted by atomic mass is 10.0. The molecule has 0 aliphatic rings. The first-order valence-corrected chi connectivity index (χ1v) is 8.07. The van der Waals surface area contributed by atoms with E-state index in [0.29, 0.717) is 11.3 Å². The predicted octanol–water partition coefficient (Wildman–Crippen LogP) is 5.77. The fraction of sp³-hybridized carbons (Fsp3) is 0.250. The van der Waals surface area contributed by atoms with Crippen LogP contribution < -0.4 is 4.90 Å². The number of halogens is 3. The van der Waals surface area contributed by atoms with Gasteiger partial charge in [-0.15, -0.1) is 0 Å². The maximum Gasteiger partial charge on any atom is 0.416 e. The molecule has 0 amide bonds. The van der Waals surface area contributed by atoms with E-state index >= 15 is 0 Å². The average Bonchev–Trinajstić information content (AvgIpc) is 2.59. The molecular weight excluding hydrogens is 325 g/mol. The normalized spacial score (nSPS) is 12.0. The van der Waals surface area contributed by atoms with Crippen LogP contribution in [0.1, 0.15) is 19.4 Å². The second-order valence-electron chi connectivity index (χ2n) is 6.33. The highest BCUT2D eigenvalue weighted by Gasteiger charge is 2.30. The zero-order chi connectivity index (χ0) is 18.2. The molecule has 0 radical (unpaired) electrons. The number of benzene rings is 2. The van der Waals surface area contributed by atoms with Crippen LogP contribution in [0.2, 0.25) is 0 Å². The minimum atomic E-state index is -4.34. The Hall–Kier alpha value is -2.56. The molecule has 130 valence electrons. The molecule has 0 N–H and O–H groups in total. The van der Waals surface area contributed by atoms with E-state index < -0.39 is 11.7 Å². The summed E-state index contributed by atoms with van der Waals surface area (Å²) in [4.78, 5) is 6.79. The summed E-state index contributed by atoms with van der Waals surface area (Å²) < 4.78 is 38.5. The summed E-state index contributed by atoms with van der Waals surface area (Å²) in [6, 6.07) is 15.2. The summed E-state index contributed by atoms with van der Waals surface area (Å²) in [5, 5.41) is 1.00. The van der Waals surface area contributed by atoms with E-state index in [1.165, 1.54) is 12.1 Å². The Kier molecular flexibility index (Phi) is 4.41. The standard InChI is InChI=1S/C20H19F3N2/c1-13(2)25(3)18-12-15-6-4-5-7-17(15)24-19(18)14-8-10-16(11-9-14)20(21,22)23/h4-13H,1-3H3. The maximum atomic E-state index is 12.8. The first kappa shape index (κ1) is 17.3. The number of rotatable bonds is 3. The van der Waals surface area contributed by atoms with Gasteiger partial charge in [0.25, 0.3) is 0 Å². The molecule has 0 saturated heterocycles. The second-order valence-corrected chi connectivity index (χ2v) is 6.33. The van der Waals surface area contributed by atoms with Gasteiger partial charge in [0, 0.05) is 24.0 Å². The van der Waals surface area contributed by atoms with Crippen LogP contribution in [0, 0.1) is 0 Å². The number of anilines is 1. The quantitative estimate of drug-likeness (QED) is 0.600. The van der Waals surface area contributed by atoms with E-state index in [1.807, 2.05) is 37.4 Å². The number of fused-ring (bicyclic) bond motifs is 1. The summed E-state index contributed by atoms with van der Waals surface area (Å²) in [5.41, 5.74) is 2.41. The van der Waals surface area contributed by atoms with E-state index in [4.69, 9.17) is 4.98 Å². The number of hydrogen-bond donors (Lipinski definition) is 0.